The lowest BCUT2D eigenvalue weighted by Gasteiger charge is -2.11. The van der Waals surface area contributed by atoms with Crippen LogP contribution in [0.5, 0.6) is 0 Å². The number of halogens is 1. The second kappa shape index (κ2) is 10.3. The number of methoxy groups -OCH3 is 1. The lowest BCUT2D eigenvalue weighted by molar-refractivity contribution is 0.102. The SMILES string of the molecule is COCCn1c(N)c(C(=O)CSc2nnc(NCc3ccc(F)cc3)s2)c(=O)[nH]c1=O. The van der Waals surface area contributed by atoms with E-state index in [4.69, 9.17) is 10.5 Å². The minimum Gasteiger partial charge on any atom is -0.384 e. The van der Waals surface area contributed by atoms with Crippen LogP contribution in [0.15, 0.2) is 38.2 Å². The number of carbonyl (C=O) groups is 1. The molecule has 13 heteroatoms. The van der Waals surface area contributed by atoms with Crippen LogP contribution in [0.2, 0.25) is 0 Å². The van der Waals surface area contributed by atoms with Gasteiger partial charge in [-0.2, -0.15) is 0 Å². The van der Waals surface area contributed by atoms with Gasteiger partial charge in [-0.1, -0.05) is 35.2 Å². The van der Waals surface area contributed by atoms with E-state index in [1.165, 1.54) is 30.6 Å². The number of nitrogens with one attached hydrogen (secondary N) is 2. The third-order valence-corrected chi connectivity index (χ3v) is 6.14. The zero-order chi connectivity index (χ0) is 22.4. The first-order chi connectivity index (χ1) is 14.9. The number of H-pyrrole nitrogens is 1. The second-order valence-corrected chi connectivity index (χ2v) is 8.43. The zero-order valence-electron chi connectivity index (χ0n) is 16.4. The number of nitrogens with zero attached hydrogens (tertiary/aromatic N) is 3. The molecule has 164 valence electrons. The molecule has 0 saturated carbocycles. The third-order valence-electron chi connectivity index (χ3n) is 4.13. The van der Waals surface area contributed by atoms with E-state index in [1.54, 1.807) is 12.1 Å². The summed E-state index contributed by atoms with van der Waals surface area (Å²) in [6.07, 6.45) is 0. The number of aromatic amines is 1. The molecule has 0 fully saturated rings. The van der Waals surface area contributed by atoms with Crippen LogP contribution in [0.4, 0.5) is 15.3 Å². The normalized spacial score (nSPS) is 10.9. The summed E-state index contributed by atoms with van der Waals surface area (Å²) in [7, 11) is 1.46. The minimum absolute atomic E-state index is 0.102. The standard InChI is InChI=1S/C18H19FN6O4S2/c1-29-7-6-25-14(20)13(15(27)22-17(25)28)12(26)9-30-18-24-23-16(31-18)21-8-10-2-4-11(19)5-3-10/h2-5H,6-9,20H2,1H3,(H,21,23)(H,22,27,28). The maximum absolute atomic E-state index is 12.9. The number of carbonyl (C=O) groups excluding carboxylic acids is 1. The van der Waals surface area contributed by atoms with Crippen molar-refractivity contribution in [2.45, 2.75) is 17.4 Å². The average Bonchev–Trinajstić information content (AvgIpc) is 3.19. The monoisotopic (exact) mass is 466 g/mol. The molecule has 31 heavy (non-hydrogen) atoms. The lowest BCUT2D eigenvalue weighted by Crippen LogP contribution is -2.37. The van der Waals surface area contributed by atoms with Crippen molar-refractivity contribution < 1.29 is 13.9 Å². The van der Waals surface area contributed by atoms with Crippen LogP contribution < -0.4 is 22.3 Å². The maximum Gasteiger partial charge on any atom is 0.330 e. The fraction of sp³-hybridized carbons (Fsp3) is 0.278. The zero-order valence-corrected chi connectivity index (χ0v) is 18.0. The molecule has 3 aromatic rings. The van der Waals surface area contributed by atoms with Crippen LogP contribution in [0, 0.1) is 5.82 Å². The predicted molar refractivity (Wildman–Crippen MR) is 116 cm³/mol. The van der Waals surface area contributed by atoms with Crippen molar-refractivity contribution in [3.05, 3.63) is 62.0 Å². The van der Waals surface area contributed by atoms with Gasteiger partial charge < -0.3 is 15.8 Å². The third kappa shape index (κ3) is 5.77. The van der Waals surface area contributed by atoms with Gasteiger partial charge >= 0.3 is 5.69 Å². The predicted octanol–water partition coefficient (Wildman–Crippen LogP) is 1.34. The molecule has 2 heterocycles. The largest absolute Gasteiger partial charge is 0.384 e. The van der Waals surface area contributed by atoms with Crippen molar-refractivity contribution in [3.8, 4) is 0 Å². The number of thioether (sulfide) groups is 1. The molecule has 3 rings (SSSR count). The number of nitrogen functional groups attached to an aromatic ring is 1. The van der Waals surface area contributed by atoms with E-state index in [2.05, 4.69) is 20.5 Å². The molecular weight excluding hydrogens is 447 g/mol. The summed E-state index contributed by atoms with van der Waals surface area (Å²) in [6, 6.07) is 6.06. The van der Waals surface area contributed by atoms with Gasteiger partial charge in [-0.05, 0) is 17.7 Å². The molecule has 0 bridgehead atoms. The summed E-state index contributed by atoms with van der Waals surface area (Å²) in [5.41, 5.74) is 4.96. The Morgan fingerprint density at radius 2 is 2.06 bits per heavy atom. The Morgan fingerprint density at radius 3 is 2.77 bits per heavy atom. The molecule has 0 atom stereocenters. The minimum atomic E-state index is -0.833. The van der Waals surface area contributed by atoms with Gasteiger partial charge in [0.25, 0.3) is 5.56 Å². The maximum atomic E-state index is 12.9. The van der Waals surface area contributed by atoms with Crippen molar-refractivity contribution in [2.24, 2.45) is 0 Å². The Hall–Kier alpha value is -3.03. The van der Waals surface area contributed by atoms with E-state index in [0.717, 1.165) is 21.9 Å². The summed E-state index contributed by atoms with van der Waals surface area (Å²) >= 11 is 2.33. The van der Waals surface area contributed by atoms with Gasteiger partial charge in [0.2, 0.25) is 5.13 Å². The molecule has 0 saturated heterocycles. The second-order valence-electron chi connectivity index (χ2n) is 6.23. The van der Waals surface area contributed by atoms with Gasteiger partial charge in [-0.3, -0.25) is 19.1 Å². The van der Waals surface area contributed by atoms with Crippen molar-refractivity contribution >= 4 is 39.8 Å². The number of ketones is 1. The van der Waals surface area contributed by atoms with Crippen molar-refractivity contribution in [1.82, 2.24) is 19.7 Å². The number of hydrogen-bond donors (Lipinski definition) is 3. The topological polar surface area (TPSA) is 145 Å². The molecule has 10 nitrogen and oxygen atoms in total. The van der Waals surface area contributed by atoms with Gasteiger partial charge in [0, 0.05) is 13.7 Å². The molecule has 0 aliphatic rings. The van der Waals surface area contributed by atoms with Crippen molar-refractivity contribution in [3.63, 3.8) is 0 Å². The number of aromatic nitrogens is 4. The number of Topliss-reactive ketones (excluding diaryl/α,β-unsaturated/α-hetero) is 1. The Labute approximate surface area is 183 Å². The van der Waals surface area contributed by atoms with E-state index in [0.29, 0.717) is 16.0 Å². The van der Waals surface area contributed by atoms with Crippen LogP contribution in [-0.4, -0.2) is 45.0 Å². The van der Waals surface area contributed by atoms with Crippen LogP contribution in [0.3, 0.4) is 0 Å². The quantitative estimate of drug-likeness (QED) is 0.298. The van der Waals surface area contributed by atoms with Crippen molar-refractivity contribution in [2.75, 3.05) is 30.5 Å². The highest BCUT2D eigenvalue weighted by molar-refractivity contribution is 8.01. The summed E-state index contributed by atoms with van der Waals surface area (Å²) in [5.74, 6) is -1.15. The highest BCUT2D eigenvalue weighted by Crippen LogP contribution is 2.26. The Morgan fingerprint density at radius 1 is 1.32 bits per heavy atom. The Balaban J connectivity index is 1.63. The molecule has 0 aliphatic carbocycles. The molecule has 2 aromatic heterocycles. The molecule has 0 radical (unpaired) electrons. The molecular formula is C18H19FN6O4S2. The van der Waals surface area contributed by atoms with Gasteiger partial charge in [0.1, 0.15) is 17.2 Å². The molecule has 0 aliphatic heterocycles. The Kier molecular flexibility index (Phi) is 7.55. The van der Waals surface area contributed by atoms with Crippen LogP contribution in [0.1, 0.15) is 15.9 Å². The number of benzene rings is 1. The number of anilines is 2. The summed E-state index contributed by atoms with van der Waals surface area (Å²) in [5, 5.41) is 11.6. The lowest BCUT2D eigenvalue weighted by atomic mass is 10.2. The van der Waals surface area contributed by atoms with Crippen molar-refractivity contribution in [1.29, 1.82) is 0 Å². The van der Waals surface area contributed by atoms with Gasteiger partial charge in [0.05, 0.1) is 18.9 Å². The van der Waals surface area contributed by atoms with E-state index in [9.17, 15) is 18.8 Å². The Bertz CT molecular complexity index is 1180. The molecule has 4 N–H and O–H groups in total. The fourth-order valence-corrected chi connectivity index (χ4v) is 4.20. The molecule has 0 amide bonds. The first-order valence-corrected chi connectivity index (χ1v) is 10.8. The summed E-state index contributed by atoms with van der Waals surface area (Å²) < 4.78 is 19.5. The number of ether oxygens (including phenoxy) is 1. The molecule has 1 aromatic carbocycles. The van der Waals surface area contributed by atoms with E-state index in [1.807, 2.05) is 0 Å². The smallest absolute Gasteiger partial charge is 0.330 e. The average molecular weight is 467 g/mol. The summed E-state index contributed by atoms with van der Waals surface area (Å²) in [6.45, 7) is 0.731. The van der Waals surface area contributed by atoms with Crippen LogP contribution in [-0.2, 0) is 17.8 Å². The van der Waals surface area contributed by atoms with E-state index in [-0.39, 0.29) is 36.1 Å². The number of nitrogens with two attached hydrogens (primary N) is 1. The highest BCUT2D eigenvalue weighted by Gasteiger charge is 2.20. The van der Waals surface area contributed by atoms with Gasteiger partial charge in [-0.25, -0.2) is 9.18 Å². The molecule has 0 spiro atoms. The molecule has 0 unspecified atom stereocenters. The summed E-state index contributed by atoms with van der Waals surface area (Å²) in [4.78, 5) is 38.7. The van der Waals surface area contributed by atoms with Crippen LogP contribution in [0.25, 0.3) is 0 Å². The highest BCUT2D eigenvalue weighted by atomic mass is 32.2. The van der Waals surface area contributed by atoms with Gasteiger partial charge in [0.15, 0.2) is 10.1 Å². The number of hydrogen-bond acceptors (Lipinski definition) is 10. The first-order valence-electron chi connectivity index (χ1n) is 8.98. The van der Waals surface area contributed by atoms with Gasteiger partial charge in [-0.15, -0.1) is 10.2 Å². The number of rotatable bonds is 10. The first kappa shape index (κ1) is 22.7. The van der Waals surface area contributed by atoms with Crippen LogP contribution >= 0.6 is 23.1 Å². The van der Waals surface area contributed by atoms with E-state index < -0.39 is 17.0 Å². The fourth-order valence-electron chi connectivity index (χ4n) is 2.58. The van der Waals surface area contributed by atoms with E-state index >= 15 is 0 Å².